The van der Waals surface area contributed by atoms with Gasteiger partial charge >= 0.3 is 5.97 Å². The highest BCUT2D eigenvalue weighted by Gasteiger charge is 2.14. The number of aryl methyl sites for hydroxylation is 1. The number of aliphatic carboxylic acids is 1. The maximum Gasteiger partial charge on any atom is 0.325 e. The normalized spacial score (nSPS) is 10.1. The van der Waals surface area contributed by atoms with Gasteiger partial charge in [-0.2, -0.15) is 5.26 Å². The second kappa shape index (κ2) is 5.45. The van der Waals surface area contributed by atoms with Gasteiger partial charge in [0.15, 0.2) is 0 Å². The fraction of sp³-hybridized carbons (Fsp3) is 0.200. The molecule has 0 spiro atoms. The van der Waals surface area contributed by atoms with Crippen molar-refractivity contribution in [3.8, 4) is 6.07 Å². The molecule has 0 aliphatic heterocycles. The average Bonchev–Trinajstić information content (AvgIpc) is 2.76. The van der Waals surface area contributed by atoms with Gasteiger partial charge in [0.05, 0.1) is 5.56 Å². The highest BCUT2D eigenvalue weighted by molar-refractivity contribution is 7.99. The quantitative estimate of drug-likeness (QED) is 0.856. The first-order valence-corrected chi connectivity index (χ1v) is 5.95. The van der Waals surface area contributed by atoms with Crippen LogP contribution in [-0.2, 0) is 11.3 Å². The molecule has 0 amide bonds. The summed E-state index contributed by atoms with van der Waals surface area (Å²) in [7, 11) is 0. The lowest BCUT2D eigenvalue weighted by atomic mass is 10.3. The Morgan fingerprint density at radius 1 is 1.58 bits per heavy atom. The number of hydrogen-bond acceptors (Lipinski definition) is 7. The molecule has 2 heterocycles. The van der Waals surface area contributed by atoms with Crippen molar-refractivity contribution in [1.29, 1.82) is 5.26 Å². The van der Waals surface area contributed by atoms with E-state index in [1.165, 1.54) is 0 Å². The molecule has 96 valence electrons. The van der Waals surface area contributed by atoms with Crippen molar-refractivity contribution in [3.63, 3.8) is 0 Å². The molecule has 0 saturated heterocycles. The number of nitrogens with zero attached hydrogens (tertiary/aromatic N) is 6. The standard InChI is InChI=1S/C10H8N6O2S/c1-6-2-3-7(4-11)9(12-6)19-10-13-14-15-16(10)5-8(17)18/h2-3H,5H2,1H3,(H,17,18). The first-order valence-electron chi connectivity index (χ1n) is 5.13. The van der Waals surface area contributed by atoms with Gasteiger partial charge in [0.1, 0.15) is 17.6 Å². The minimum Gasteiger partial charge on any atom is -0.480 e. The predicted molar refractivity (Wildman–Crippen MR) is 63.3 cm³/mol. The van der Waals surface area contributed by atoms with Crippen LogP contribution in [0.2, 0.25) is 0 Å². The predicted octanol–water partition coefficient (Wildman–Crippen LogP) is 0.484. The number of pyridine rings is 1. The Morgan fingerprint density at radius 2 is 2.37 bits per heavy atom. The van der Waals surface area contributed by atoms with Crippen molar-refractivity contribution in [2.45, 2.75) is 23.7 Å². The van der Waals surface area contributed by atoms with E-state index in [4.69, 9.17) is 10.4 Å². The lowest BCUT2D eigenvalue weighted by Gasteiger charge is -2.03. The van der Waals surface area contributed by atoms with E-state index in [1.54, 1.807) is 19.1 Å². The summed E-state index contributed by atoms with van der Waals surface area (Å²) in [6, 6.07) is 5.39. The number of aromatic nitrogens is 5. The third-order valence-electron chi connectivity index (χ3n) is 2.09. The molecular weight excluding hydrogens is 268 g/mol. The third-order valence-corrected chi connectivity index (χ3v) is 3.07. The molecule has 0 aromatic carbocycles. The van der Waals surface area contributed by atoms with E-state index in [-0.39, 0.29) is 11.7 Å². The minimum absolute atomic E-state index is 0.275. The van der Waals surface area contributed by atoms with E-state index in [0.717, 1.165) is 22.1 Å². The molecule has 0 atom stereocenters. The Hall–Kier alpha value is -2.47. The van der Waals surface area contributed by atoms with Gasteiger partial charge in [-0.3, -0.25) is 4.79 Å². The van der Waals surface area contributed by atoms with Gasteiger partial charge in [-0.1, -0.05) is 0 Å². The molecule has 2 aromatic heterocycles. The minimum atomic E-state index is -1.05. The maximum absolute atomic E-state index is 10.7. The van der Waals surface area contributed by atoms with Gasteiger partial charge in [-0.25, -0.2) is 9.67 Å². The molecule has 0 bridgehead atoms. The molecule has 0 aliphatic carbocycles. The van der Waals surface area contributed by atoms with Gasteiger partial charge in [-0.05, 0) is 41.2 Å². The molecule has 1 N–H and O–H groups in total. The summed E-state index contributed by atoms with van der Waals surface area (Å²) in [6.45, 7) is 1.45. The largest absolute Gasteiger partial charge is 0.480 e. The molecular formula is C10H8N6O2S. The molecule has 0 fully saturated rings. The van der Waals surface area contributed by atoms with Crippen molar-refractivity contribution >= 4 is 17.7 Å². The van der Waals surface area contributed by atoms with Crippen LogP contribution in [0.5, 0.6) is 0 Å². The zero-order chi connectivity index (χ0) is 13.8. The number of hydrogen-bond donors (Lipinski definition) is 1. The molecule has 19 heavy (non-hydrogen) atoms. The molecule has 2 rings (SSSR count). The van der Waals surface area contributed by atoms with Crippen LogP contribution in [0.3, 0.4) is 0 Å². The van der Waals surface area contributed by atoms with Crippen molar-refractivity contribution in [1.82, 2.24) is 25.2 Å². The van der Waals surface area contributed by atoms with E-state index < -0.39 is 5.97 Å². The zero-order valence-electron chi connectivity index (χ0n) is 9.81. The van der Waals surface area contributed by atoms with Crippen LogP contribution >= 0.6 is 11.8 Å². The maximum atomic E-state index is 10.7. The van der Waals surface area contributed by atoms with E-state index in [1.807, 2.05) is 6.07 Å². The number of rotatable bonds is 4. The molecule has 0 radical (unpaired) electrons. The summed E-state index contributed by atoms with van der Waals surface area (Å²) in [4.78, 5) is 14.9. The molecule has 9 heteroatoms. The molecule has 0 aliphatic rings. The van der Waals surface area contributed by atoms with E-state index in [2.05, 4.69) is 20.5 Å². The van der Waals surface area contributed by atoms with Crippen LogP contribution in [0.25, 0.3) is 0 Å². The Balaban J connectivity index is 2.31. The fourth-order valence-electron chi connectivity index (χ4n) is 1.28. The molecule has 2 aromatic rings. The second-order valence-corrected chi connectivity index (χ2v) is 4.49. The third kappa shape index (κ3) is 3.05. The van der Waals surface area contributed by atoms with Crippen LogP contribution in [0.4, 0.5) is 0 Å². The first kappa shape index (κ1) is 13.0. The van der Waals surface area contributed by atoms with Crippen LogP contribution in [0.15, 0.2) is 22.3 Å². The average molecular weight is 276 g/mol. The monoisotopic (exact) mass is 276 g/mol. The fourth-order valence-corrected chi connectivity index (χ4v) is 2.15. The van der Waals surface area contributed by atoms with E-state index >= 15 is 0 Å². The van der Waals surface area contributed by atoms with Gasteiger partial charge in [0, 0.05) is 5.69 Å². The van der Waals surface area contributed by atoms with Crippen LogP contribution < -0.4 is 0 Å². The number of nitriles is 1. The highest BCUT2D eigenvalue weighted by atomic mass is 32.2. The van der Waals surface area contributed by atoms with Crippen LogP contribution in [0, 0.1) is 18.3 Å². The van der Waals surface area contributed by atoms with E-state index in [0.29, 0.717) is 10.6 Å². The first-order chi connectivity index (χ1) is 9.10. The zero-order valence-corrected chi connectivity index (χ0v) is 10.6. The summed E-state index contributed by atoms with van der Waals surface area (Å²) in [5, 5.41) is 29.2. The lowest BCUT2D eigenvalue weighted by Crippen LogP contribution is -2.11. The smallest absolute Gasteiger partial charge is 0.325 e. The van der Waals surface area contributed by atoms with E-state index in [9.17, 15) is 4.79 Å². The Morgan fingerprint density at radius 3 is 3.05 bits per heavy atom. The summed E-state index contributed by atoms with van der Waals surface area (Å²) >= 11 is 1.06. The van der Waals surface area contributed by atoms with Crippen molar-refractivity contribution in [3.05, 3.63) is 23.4 Å². The van der Waals surface area contributed by atoms with Crippen LogP contribution in [-0.4, -0.2) is 36.3 Å². The summed E-state index contributed by atoms with van der Waals surface area (Å²) in [5.41, 5.74) is 1.14. The molecule has 0 unspecified atom stereocenters. The summed E-state index contributed by atoms with van der Waals surface area (Å²) in [6.07, 6.45) is 0. The van der Waals surface area contributed by atoms with Gasteiger partial charge < -0.3 is 5.11 Å². The highest BCUT2D eigenvalue weighted by Crippen LogP contribution is 2.26. The van der Waals surface area contributed by atoms with Crippen molar-refractivity contribution in [2.75, 3.05) is 0 Å². The van der Waals surface area contributed by atoms with Gasteiger partial charge in [0.2, 0.25) is 5.16 Å². The van der Waals surface area contributed by atoms with Crippen molar-refractivity contribution in [2.24, 2.45) is 0 Å². The lowest BCUT2D eigenvalue weighted by molar-refractivity contribution is -0.138. The topological polar surface area (TPSA) is 118 Å². The van der Waals surface area contributed by atoms with Gasteiger partial charge in [0.25, 0.3) is 0 Å². The Bertz CT molecular complexity index is 662. The summed E-state index contributed by atoms with van der Waals surface area (Å²) in [5.74, 6) is -1.05. The molecule has 0 saturated carbocycles. The number of carbonyl (C=O) groups is 1. The Labute approximate surface area is 112 Å². The molecule has 8 nitrogen and oxygen atoms in total. The Kier molecular flexibility index (Phi) is 3.72. The van der Waals surface area contributed by atoms with Crippen LogP contribution in [0.1, 0.15) is 11.3 Å². The second-order valence-electron chi connectivity index (χ2n) is 3.53. The number of tetrazole rings is 1. The number of carboxylic acids is 1. The summed E-state index contributed by atoms with van der Waals surface area (Å²) < 4.78 is 1.14. The number of carboxylic acid groups (broad SMARTS) is 1. The van der Waals surface area contributed by atoms with Crippen molar-refractivity contribution < 1.29 is 9.90 Å². The van der Waals surface area contributed by atoms with Gasteiger partial charge in [-0.15, -0.1) is 5.10 Å². The SMILES string of the molecule is Cc1ccc(C#N)c(Sc2nnnn2CC(=O)O)n1.